The number of rotatable bonds is 3. The lowest BCUT2D eigenvalue weighted by Crippen LogP contribution is -2.40. The quantitative estimate of drug-likeness (QED) is 0.907. The van der Waals surface area contributed by atoms with E-state index >= 15 is 0 Å². The topological polar surface area (TPSA) is 23.5 Å². The molecule has 0 aromatic heterocycles. The summed E-state index contributed by atoms with van der Waals surface area (Å²) in [4.78, 5) is 2.12. The van der Waals surface area contributed by atoms with Crippen molar-refractivity contribution in [1.82, 2.24) is 0 Å². The first-order valence-electron chi connectivity index (χ1n) is 7.92. The highest BCUT2D eigenvalue weighted by Gasteiger charge is 2.35. The summed E-state index contributed by atoms with van der Waals surface area (Å²) in [5.74, 6) is 0.739. The second-order valence-corrected chi connectivity index (χ2v) is 7.56. The van der Waals surface area contributed by atoms with Gasteiger partial charge in [0.1, 0.15) is 5.82 Å². The van der Waals surface area contributed by atoms with Crippen LogP contribution in [-0.4, -0.2) is 24.8 Å². The van der Waals surface area contributed by atoms with Gasteiger partial charge in [0.15, 0.2) is 0 Å². The van der Waals surface area contributed by atoms with Gasteiger partial charge in [-0.05, 0) is 54.9 Å². The highest BCUT2D eigenvalue weighted by atomic mass is 19.1. The third kappa shape index (κ3) is 4.19. The van der Waals surface area contributed by atoms with Crippen LogP contribution in [0.5, 0.6) is 0 Å². The van der Waals surface area contributed by atoms with E-state index in [9.17, 15) is 9.50 Å². The van der Waals surface area contributed by atoms with Gasteiger partial charge in [-0.2, -0.15) is 0 Å². The Bertz CT molecular complexity index is 451. The lowest BCUT2D eigenvalue weighted by molar-refractivity contribution is 0.0229. The molecule has 3 atom stereocenters. The van der Waals surface area contributed by atoms with Crippen LogP contribution in [0.4, 0.5) is 10.1 Å². The molecule has 1 aromatic rings. The molecular formula is C18H28FNO. The van der Waals surface area contributed by atoms with Crippen molar-refractivity contribution in [2.24, 2.45) is 17.3 Å². The molecule has 0 bridgehead atoms. The minimum Gasteiger partial charge on any atom is -0.393 e. The minimum absolute atomic E-state index is 0.211. The third-order valence-electron chi connectivity index (χ3n) is 4.94. The van der Waals surface area contributed by atoms with Crippen LogP contribution in [-0.2, 0) is 0 Å². The van der Waals surface area contributed by atoms with E-state index in [0.29, 0.717) is 11.3 Å². The number of nitrogens with zero attached hydrogens (tertiary/aromatic N) is 1. The summed E-state index contributed by atoms with van der Waals surface area (Å²) in [7, 11) is 2.01. The Morgan fingerprint density at radius 3 is 2.38 bits per heavy atom. The second kappa shape index (κ2) is 6.35. The molecule has 0 aliphatic heterocycles. The van der Waals surface area contributed by atoms with E-state index in [0.717, 1.165) is 31.5 Å². The monoisotopic (exact) mass is 293 g/mol. The molecule has 3 heteroatoms. The SMILES string of the molecule is CN(CC1CC(C(C)(C)C)CCC1O)c1ccc(F)cc1. The zero-order valence-electron chi connectivity index (χ0n) is 13.6. The van der Waals surface area contributed by atoms with Crippen LogP contribution in [0, 0.1) is 23.1 Å². The maximum atomic E-state index is 13.0. The van der Waals surface area contributed by atoms with Gasteiger partial charge in [0.2, 0.25) is 0 Å². The van der Waals surface area contributed by atoms with Gasteiger partial charge in [0, 0.05) is 25.2 Å². The fourth-order valence-corrected chi connectivity index (χ4v) is 3.38. The normalized spacial score (nSPS) is 26.7. The molecule has 1 saturated carbocycles. The molecule has 1 aliphatic carbocycles. The van der Waals surface area contributed by atoms with Crippen LogP contribution in [0.2, 0.25) is 0 Å². The van der Waals surface area contributed by atoms with Gasteiger partial charge < -0.3 is 10.0 Å². The van der Waals surface area contributed by atoms with Crippen molar-refractivity contribution in [3.63, 3.8) is 0 Å². The van der Waals surface area contributed by atoms with Crippen molar-refractivity contribution < 1.29 is 9.50 Å². The summed E-state index contributed by atoms with van der Waals surface area (Å²) >= 11 is 0. The molecular weight excluding hydrogens is 265 g/mol. The van der Waals surface area contributed by atoms with Crippen LogP contribution >= 0.6 is 0 Å². The van der Waals surface area contributed by atoms with E-state index in [1.165, 1.54) is 12.1 Å². The zero-order valence-corrected chi connectivity index (χ0v) is 13.6. The summed E-state index contributed by atoms with van der Waals surface area (Å²) in [6, 6.07) is 6.57. The number of anilines is 1. The Balaban J connectivity index is 2.01. The van der Waals surface area contributed by atoms with E-state index < -0.39 is 0 Å². The second-order valence-electron chi connectivity index (χ2n) is 7.56. The summed E-state index contributed by atoms with van der Waals surface area (Å²) in [6.07, 6.45) is 2.85. The Kier molecular flexibility index (Phi) is 4.92. The predicted octanol–water partition coefficient (Wildman–Crippen LogP) is 4.09. The largest absolute Gasteiger partial charge is 0.393 e. The van der Waals surface area contributed by atoms with Crippen molar-refractivity contribution in [3.05, 3.63) is 30.1 Å². The number of hydrogen-bond acceptors (Lipinski definition) is 2. The van der Waals surface area contributed by atoms with Gasteiger partial charge in [0.05, 0.1) is 6.10 Å². The van der Waals surface area contributed by atoms with Crippen LogP contribution in [0.15, 0.2) is 24.3 Å². The van der Waals surface area contributed by atoms with E-state index in [4.69, 9.17) is 0 Å². The van der Waals surface area contributed by atoms with Gasteiger partial charge in [-0.15, -0.1) is 0 Å². The van der Waals surface area contributed by atoms with Gasteiger partial charge in [-0.3, -0.25) is 0 Å². The molecule has 1 fully saturated rings. The van der Waals surface area contributed by atoms with Crippen molar-refractivity contribution in [1.29, 1.82) is 0 Å². The Labute approximate surface area is 128 Å². The van der Waals surface area contributed by atoms with Crippen molar-refractivity contribution in [2.75, 3.05) is 18.5 Å². The molecule has 2 rings (SSSR count). The lowest BCUT2D eigenvalue weighted by Gasteiger charge is -2.41. The Hall–Kier alpha value is -1.09. The fraction of sp³-hybridized carbons (Fsp3) is 0.667. The van der Waals surface area contributed by atoms with Gasteiger partial charge >= 0.3 is 0 Å². The first kappa shape index (κ1) is 16.3. The van der Waals surface area contributed by atoms with Gasteiger partial charge in [0.25, 0.3) is 0 Å². The molecule has 1 aliphatic rings. The standard InChI is InChI=1S/C18H28FNO/c1-18(2,3)14-5-10-17(21)13(11-14)12-20(4)16-8-6-15(19)7-9-16/h6-9,13-14,17,21H,5,10-12H2,1-4H3. The number of aliphatic hydroxyl groups is 1. The molecule has 2 nitrogen and oxygen atoms in total. The van der Waals surface area contributed by atoms with Crippen molar-refractivity contribution >= 4 is 5.69 Å². The highest BCUT2D eigenvalue weighted by Crippen LogP contribution is 2.40. The van der Waals surface area contributed by atoms with E-state index in [1.54, 1.807) is 12.1 Å². The van der Waals surface area contributed by atoms with Crippen molar-refractivity contribution in [3.8, 4) is 0 Å². The predicted molar refractivity (Wildman–Crippen MR) is 86.0 cm³/mol. The minimum atomic E-state index is -0.216. The molecule has 21 heavy (non-hydrogen) atoms. The molecule has 0 spiro atoms. The fourth-order valence-electron chi connectivity index (χ4n) is 3.38. The van der Waals surface area contributed by atoms with Crippen LogP contribution < -0.4 is 4.90 Å². The smallest absolute Gasteiger partial charge is 0.123 e. The van der Waals surface area contributed by atoms with E-state index in [1.807, 2.05) is 7.05 Å². The first-order valence-corrected chi connectivity index (χ1v) is 7.92. The molecule has 1 aromatic carbocycles. The molecule has 0 saturated heterocycles. The first-order chi connectivity index (χ1) is 9.77. The van der Waals surface area contributed by atoms with Crippen LogP contribution in [0.1, 0.15) is 40.0 Å². The van der Waals surface area contributed by atoms with E-state index in [2.05, 4.69) is 25.7 Å². The molecule has 0 radical (unpaired) electrons. The molecule has 118 valence electrons. The third-order valence-corrected chi connectivity index (χ3v) is 4.94. The number of hydrogen-bond donors (Lipinski definition) is 1. The van der Waals surface area contributed by atoms with Crippen LogP contribution in [0.3, 0.4) is 0 Å². The average Bonchev–Trinajstić information content (AvgIpc) is 2.40. The summed E-state index contributed by atoms with van der Waals surface area (Å²) in [6.45, 7) is 7.68. The Morgan fingerprint density at radius 2 is 1.81 bits per heavy atom. The molecule has 0 heterocycles. The average molecular weight is 293 g/mol. The molecule has 0 amide bonds. The maximum Gasteiger partial charge on any atom is 0.123 e. The van der Waals surface area contributed by atoms with Crippen molar-refractivity contribution in [2.45, 2.75) is 46.1 Å². The molecule has 1 N–H and O–H groups in total. The maximum absolute atomic E-state index is 13.0. The highest BCUT2D eigenvalue weighted by molar-refractivity contribution is 5.45. The number of aliphatic hydroxyl groups excluding tert-OH is 1. The lowest BCUT2D eigenvalue weighted by atomic mass is 9.68. The number of benzene rings is 1. The zero-order chi connectivity index (χ0) is 15.6. The summed E-state index contributed by atoms with van der Waals surface area (Å²) in [5, 5.41) is 10.3. The summed E-state index contributed by atoms with van der Waals surface area (Å²) in [5.41, 5.74) is 1.30. The van der Waals surface area contributed by atoms with E-state index in [-0.39, 0.29) is 17.8 Å². The van der Waals surface area contributed by atoms with Crippen LogP contribution in [0.25, 0.3) is 0 Å². The van der Waals surface area contributed by atoms with Gasteiger partial charge in [-0.25, -0.2) is 4.39 Å². The Morgan fingerprint density at radius 1 is 1.19 bits per heavy atom. The number of halogens is 1. The summed E-state index contributed by atoms with van der Waals surface area (Å²) < 4.78 is 13.0. The van der Waals surface area contributed by atoms with Gasteiger partial charge in [-0.1, -0.05) is 20.8 Å². The molecule has 3 unspecified atom stereocenters.